The molecular formula is C9H10N4. The van der Waals surface area contributed by atoms with Crippen LogP contribution in [0.25, 0.3) is 10.9 Å². The minimum Gasteiger partial charge on any atom is -0.384 e. The van der Waals surface area contributed by atoms with E-state index in [2.05, 4.69) is 5.10 Å². The van der Waals surface area contributed by atoms with Crippen LogP contribution in [0.15, 0.2) is 24.4 Å². The van der Waals surface area contributed by atoms with Crippen LogP contribution in [0.5, 0.6) is 0 Å². The van der Waals surface area contributed by atoms with Crippen LogP contribution < -0.4 is 5.73 Å². The van der Waals surface area contributed by atoms with Gasteiger partial charge in [0.05, 0.1) is 11.7 Å². The molecule has 3 N–H and O–H groups in total. The number of nitrogens with zero attached hydrogens (tertiary/aromatic N) is 2. The van der Waals surface area contributed by atoms with Crippen molar-refractivity contribution in [1.29, 1.82) is 5.41 Å². The third-order valence-corrected chi connectivity index (χ3v) is 2.05. The molecule has 1 aromatic carbocycles. The fourth-order valence-electron chi connectivity index (χ4n) is 1.45. The Morgan fingerprint density at radius 1 is 1.54 bits per heavy atom. The van der Waals surface area contributed by atoms with Crippen LogP contribution in [0.1, 0.15) is 5.56 Å². The maximum Gasteiger partial charge on any atom is 0.124 e. The zero-order chi connectivity index (χ0) is 9.42. The molecular weight excluding hydrogens is 164 g/mol. The second kappa shape index (κ2) is 2.58. The summed E-state index contributed by atoms with van der Waals surface area (Å²) in [6, 6.07) is 5.65. The molecule has 4 heteroatoms. The molecule has 13 heavy (non-hydrogen) atoms. The first-order valence-electron chi connectivity index (χ1n) is 3.95. The topological polar surface area (TPSA) is 67.7 Å². The molecule has 0 radical (unpaired) electrons. The Hall–Kier alpha value is -1.84. The van der Waals surface area contributed by atoms with Crippen LogP contribution in [-0.2, 0) is 7.05 Å². The van der Waals surface area contributed by atoms with Gasteiger partial charge in [-0.05, 0) is 6.07 Å². The number of nitrogens with one attached hydrogen (secondary N) is 1. The summed E-state index contributed by atoms with van der Waals surface area (Å²) >= 11 is 0. The lowest BCUT2D eigenvalue weighted by Crippen LogP contribution is -2.12. The number of aryl methyl sites for hydroxylation is 1. The zero-order valence-electron chi connectivity index (χ0n) is 7.28. The lowest BCUT2D eigenvalue weighted by atomic mass is 10.1. The number of amidine groups is 1. The van der Waals surface area contributed by atoms with E-state index in [-0.39, 0.29) is 5.84 Å². The number of hydrogen-bond acceptors (Lipinski definition) is 2. The van der Waals surface area contributed by atoms with Crippen LogP contribution in [0.4, 0.5) is 0 Å². The summed E-state index contributed by atoms with van der Waals surface area (Å²) < 4.78 is 1.73. The van der Waals surface area contributed by atoms with Crippen molar-refractivity contribution in [1.82, 2.24) is 9.78 Å². The minimum atomic E-state index is 0.0780. The van der Waals surface area contributed by atoms with E-state index in [0.717, 1.165) is 16.5 Å². The van der Waals surface area contributed by atoms with E-state index in [4.69, 9.17) is 11.1 Å². The Morgan fingerprint density at radius 3 is 3.00 bits per heavy atom. The summed E-state index contributed by atoms with van der Waals surface area (Å²) in [6.45, 7) is 0. The zero-order valence-corrected chi connectivity index (χ0v) is 7.28. The molecule has 0 fully saturated rings. The summed E-state index contributed by atoms with van der Waals surface area (Å²) in [6.07, 6.45) is 1.77. The maximum absolute atomic E-state index is 7.39. The number of benzene rings is 1. The molecule has 2 rings (SSSR count). The number of para-hydroxylation sites is 1. The van der Waals surface area contributed by atoms with Crippen LogP contribution in [-0.4, -0.2) is 15.6 Å². The number of aromatic nitrogens is 2. The fourth-order valence-corrected chi connectivity index (χ4v) is 1.45. The number of hydrogen-bond donors (Lipinski definition) is 2. The standard InChI is InChI=1S/C9H10N4/c1-13-8-6(5-12-13)3-2-4-7(8)9(10)11/h2-5H,1H3,(H3,10,11). The van der Waals surface area contributed by atoms with Gasteiger partial charge in [0.2, 0.25) is 0 Å². The van der Waals surface area contributed by atoms with Gasteiger partial charge in [0.1, 0.15) is 5.84 Å². The highest BCUT2D eigenvalue weighted by molar-refractivity contribution is 6.06. The average molecular weight is 174 g/mol. The summed E-state index contributed by atoms with van der Waals surface area (Å²) in [5.74, 6) is 0.0780. The Kier molecular flexibility index (Phi) is 1.55. The van der Waals surface area contributed by atoms with Crippen molar-refractivity contribution in [3.63, 3.8) is 0 Å². The summed E-state index contributed by atoms with van der Waals surface area (Å²) in [5.41, 5.74) is 7.10. The molecule has 0 atom stereocenters. The van der Waals surface area contributed by atoms with E-state index < -0.39 is 0 Å². The van der Waals surface area contributed by atoms with Crippen molar-refractivity contribution < 1.29 is 0 Å². The number of fused-ring (bicyclic) bond motifs is 1. The van der Waals surface area contributed by atoms with Gasteiger partial charge >= 0.3 is 0 Å². The predicted octanol–water partition coefficient (Wildman–Crippen LogP) is 0.857. The third kappa shape index (κ3) is 1.07. The van der Waals surface area contributed by atoms with Crippen molar-refractivity contribution in [2.24, 2.45) is 12.8 Å². The van der Waals surface area contributed by atoms with E-state index in [1.165, 1.54) is 0 Å². The molecule has 0 aliphatic heterocycles. The molecule has 0 saturated carbocycles. The second-order valence-corrected chi connectivity index (χ2v) is 2.93. The molecule has 0 aliphatic rings. The highest BCUT2D eigenvalue weighted by Crippen LogP contribution is 2.16. The van der Waals surface area contributed by atoms with Crippen LogP contribution >= 0.6 is 0 Å². The molecule has 0 unspecified atom stereocenters. The van der Waals surface area contributed by atoms with Crippen molar-refractivity contribution in [2.75, 3.05) is 0 Å². The molecule has 4 nitrogen and oxygen atoms in total. The Morgan fingerprint density at radius 2 is 2.31 bits per heavy atom. The van der Waals surface area contributed by atoms with E-state index in [1.807, 2.05) is 25.2 Å². The van der Waals surface area contributed by atoms with Gasteiger partial charge in [-0.1, -0.05) is 12.1 Å². The molecule has 1 aromatic heterocycles. The molecule has 0 aliphatic carbocycles. The second-order valence-electron chi connectivity index (χ2n) is 2.93. The molecule has 66 valence electrons. The van der Waals surface area contributed by atoms with Gasteiger partial charge in [0.25, 0.3) is 0 Å². The quantitative estimate of drug-likeness (QED) is 0.497. The fraction of sp³-hybridized carbons (Fsp3) is 0.111. The van der Waals surface area contributed by atoms with Gasteiger partial charge < -0.3 is 5.73 Å². The van der Waals surface area contributed by atoms with Gasteiger partial charge in [-0.25, -0.2) is 0 Å². The first kappa shape index (κ1) is 7.79. The number of nitrogen functional groups attached to an aromatic ring is 1. The van der Waals surface area contributed by atoms with Gasteiger partial charge in [0, 0.05) is 18.0 Å². The van der Waals surface area contributed by atoms with Crippen molar-refractivity contribution in [3.05, 3.63) is 30.0 Å². The first-order chi connectivity index (χ1) is 6.20. The van der Waals surface area contributed by atoms with E-state index >= 15 is 0 Å². The lowest BCUT2D eigenvalue weighted by molar-refractivity contribution is 0.796. The van der Waals surface area contributed by atoms with Gasteiger partial charge in [-0.15, -0.1) is 0 Å². The molecule has 0 bridgehead atoms. The highest BCUT2D eigenvalue weighted by Gasteiger charge is 2.06. The number of rotatable bonds is 1. The van der Waals surface area contributed by atoms with Gasteiger partial charge in [-0.3, -0.25) is 10.1 Å². The monoisotopic (exact) mass is 174 g/mol. The van der Waals surface area contributed by atoms with Crippen molar-refractivity contribution in [2.45, 2.75) is 0 Å². The summed E-state index contributed by atoms with van der Waals surface area (Å²) in [5, 5.41) is 12.5. The van der Waals surface area contributed by atoms with Crippen LogP contribution in [0.3, 0.4) is 0 Å². The summed E-state index contributed by atoms with van der Waals surface area (Å²) in [7, 11) is 1.84. The highest BCUT2D eigenvalue weighted by atomic mass is 15.2. The lowest BCUT2D eigenvalue weighted by Gasteiger charge is -2.01. The molecule has 0 amide bonds. The SMILES string of the molecule is Cn1ncc2cccc(C(=N)N)c21. The third-order valence-electron chi connectivity index (χ3n) is 2.05. The predicted molar refractivity (Wildman–Crippen MR) is 51.7 cm³/mol. The molecule has 1 heterocycles. The van der Waals surface area contributed by atoms with Crippen LogP contribution in [0.2, 0.25) is 0 Å². The Balaban J connectivity index is 2.88. The van der Waals surface area contributed by atoms with E-state index in [0.29, 0.717) is 0 Å². The van der Waals surface area contributed by atoms with Gasteiger partial charge in [-0.2, -0.15) is 5.10 Å². The van der Waals surface area contributed by atoms with E-state index in [9.17, 15) is 0 Å². The minimum absolute atomic E-state index is 0.0780. The molecule has 0 saturated heterocycles. The van der Waals surface area contributed by atoms with E-state index in [1.54, 1.807) is 10.9 Å². The average Bonchev–Trinajstić information content (AvgIpc) is 2.48. The normalized spacial score (nSPS) is 10.5. The Bertz CT molecular complexity index is 469. The molecule has 0 spiro atoms. The maximum atomic E-state index is 7.39. The first-order valence-corrected chi connectivity index (χ1v) is 3.95. The van der Waals surface area contributed by atoms with Crippen molar-refractivity contribution >= 4 is 16.7 Å². The number of nitrogens with two attached hydrogens (primary N) is 1. The summed E-state index contributed by atoms with van der Waals surface area (Å²) in [4.78, 5) is 0. The van der Waals surface area contributed by atoms with Crippen LogP contribution in [0, 0.1) is 5.41 Å². The smallest absolute Gasteiger partial charge is 0.124 e. The van der Waals surface area contributed by atoms with Gasteiger partial charge in [0.15, 0.2) is 0 Å². The Labute approximate surface area is 75.5 Å². The molecule has 2 aromatic rings. The largest absolute Gasteiger partial charge is 0.384 e. The van der Waals surface area contributed by atoms with Crippen molar-refractivity contribution in [3.8, 4) is 0 Å².